The van der Waals surface area contributed by atoms with E-state index >= 15 is 0 Å². The first kappa shape index (κ1) is 15.0. The van der Waals surface area contributed by atoms with Gasteiger partial charge in [0.1, 0.15) is 0 Å². The predicted molar refractivity (Wildman–Crippen MR) is 97.1 cm³/mol. The largest absolute Gasteiger partial charge is 0.358 e. The first-order chi connectivity index (χ1) is 11.7. The molecule has 2 N–H and O–H groups in total. The minimum Gasteiger partial charge on any atom is -0.358 e. The number of aromatic amines is 1. The molecule has 3 heteroatoms. The highest BCUT2D eigenvalue weighted by Gasteiger charge is 2.26. The van der Waals surface area contributed by atoms with E-state index in [0.717, 1.165) is 19.3 Å². The van der Waals surface area contributed by atoms with Crippen LogP contribution in [0.15, 0.2) is 48.5 Å². The van der Waals surface area contributed by atoms with Gasteiger partial charge in [-0.2, -0.15) is 0 Å². The first-order valence-electron chi connectivity index (χ1n) is 8.63. The average molecular weight is 318 g/mol. The zero-order chi connectivity index (χ0) is 16.5. The molecule has 0 aliphatic heterocycles. The second-order valence-corrected chi connectivity index (χ2v) is 6.69. The van der Waals surface area contributed by atoms with Crippen LogP contribution < -0.4 is 5.32 Å². The fourth-order valence-corrected chi connectivity index (χ4v) is 3.86. The van der Waals surface area contributed by atoms with Gasteiger partial charge in [0.25, 0.3) is 0 Å². The molecule has 0 saturated carbocycles. The lowest BCUT2D eigenvalue weighted by Crippen LogP contribution is -2.32. The molecule has 1 amide bonds. The average Bonchev–Trinajstić information content (AvgIpc) is 3.16. The van der Waals surface area contributed by atoms with Gasteiger partial charge in [-0.05, 0) is 48.9 Å². The normalized spacial score (nSPS) is 14.0. The minimum atomic E-state index is 0.0893. The van der Waals surface area contributed by atoms with E-state index in [1.54, 1.807) is 0 Å². The van der Waals surface area contributed by atoms with Crippen LogP contribution in [0.3, 0.4) is 0 Å². The lowest BCUT2D eigenvalue weighted by molar-refractivity contribution is -0.124. The third-order valence-corrected chi connectivity index (χ3v) is 5.12. The summed E-state index contributed by atoms with van der Waals surface area (Å²) in [5.74, 6) is 0.273. The van der Waals surface area contributed by atoms with Crippen LogP contribution in [-0.4, -0.2) is 17.4 Å². The number of carbonyl (C=O) groups is 1. The summed E-state index contributed by atoms with van der Waals surface area (Å²) >= 11 is 0. The van der Waals surface area contributed by atoms with Crippen molar-refractivity contribution in [3.05, 3.63) is 70.9 Å². The van der Waals surface area contributed by atoms with Crippen molar-refractivity contribution in [3.8, 4) is 0 Å². The SMILES string of the molecule is Cc1[nH]c2ccccc2c1CCNC(=O)C1Cc2ccccc2C1. The van der Waals surface area contributed by atoms with Crippen molar-refractivity contribution in [2.75, 3.05) is 6.54 Å². The molecule has 2 aromatic carbocycles. The van der Waals surface area contributed by atoms with Gasteiger partial charge < -0.3 is 10.3 Å². The molecule has 122 valence electrons. The summed E-state index contributed by atoms with van der Waals surface area (Å²) in [7, 11) is 0. The van der Waals surface area contributed by atoms with Crippen LogP contribution in [0.2, 0.25) is 0 Å². The van der Waals surface area contributed by atoms with Crippen LogP contribution in [0.4, 0.5) is 0 Å². The molecule has 4 rings (SSSR count). The first-order valence-corrected chi connectivity index (χ1v) is 8.63. The summed E-state index contributed by atoms with van der Waals surface area (Å²) in [5, 5.41) is 4.40. The Morgan fingerprint density at radius 3 is 2.50 bits per heavy atom. The van der Waals surface area contributed by atoms with E-state index in [4.69, 9.17) is 0 Å². The number of fused-ring (bicyclic) bond motifs is 2. The third kappa shape index (κ3) is 2.71. The minimum absolute atomic E-state index is 0.0893. The highest BCUT2D eigenvalue weighted by atomic mass is 16.1. The van der Waals surface area contributed by atoms with E-state index in [9.17, 15) is 4.79 Å². The Bertz CT molecular complexity index is 869. The van der Waals surface area contributed by atoms with Crippen molar-refractivity contribution in [1.82, 2.24) is 10.3 Å². The molecule has 0 spiro atoms. The van der Waals surface area contributed by atoms with Gasteiger partial charge >= 0.3 is 0 Å². The van der Waals surface area contributed by atoms with E-state index in [-0.39, 0.29) is 11.8 Å². The topological polar surface area (TPSA) is 44.9 Å². The number of H-pyrrole nitrogens is 1. The van der Waals surface area contributed by atoms with Crippen molar-refractivity contribution >= 4 is 16.8 Å². The molecule has 3 nitrogen and oxygen atoms in total. The van der Waals surface area contributed by atoms with Crippen molar-refractivity contribution < 1.29 is 4.79 Å². The van der Waals surface area contributed by atoms with Gasteiger partial charge in [0.05, 0.1) is 0 Å². The smallest absolute Gasteiger partial charge is 0.223 e. The molecule has 1 aliphatic carbocycles. The Morgan fingerprint density at radius 2 is 1.75 bits per heavy atom. The molecule has 0 saturated heterocycles. The number of benzene rings is 2. The molecule has 0 radical (unpaired) electrons. The molecule has 24 heavy (non-hydrogen) atoms. The number of hydrogen-bond donors (Lipinski definition) is 2. The Balaban J connectivity index is 1.38. The lowest BCUT2D eigenvalue weighted by Gasteiger charge is -2.10. The number of aryl methyl sites for hydroxylation is 1. The number of carbonyl (C=O) groups excluding carboxylic acids is 1. The fraction of sp³-hybridized carbons (Fsp3) is 0.286. The quantitative estimate of drug-likeness (QED) is 0.759. The van der Waals surface area contributed by atoms with E-state index in [0.29, 0.717) is 6.54 Å². The number of rotatable bonds is 4. The zero-order valence-electron chi connectivity index (χ0n) is 13.9. The summed E-state index contributed by atoms with van der Waals surface area (Å²) in [5.41, 5.74) is 6.32. The van der Waals surface area contributed by atoms with Crippen molar-refractivity contribution in [1.29, 1.82) is 0 Å². The molecular formula is C21H22N2O. The Labute approximate surface area is 142 Å². The van der Waals surface area contributed by atoms with Gasteiger partial charge in [-0.15, -0.1) is 0 Å². The zero-order valence-corrected chi connectivity index (χ0v) is 13.9. The van der Waals surface area contributed by atoms with Crippen molar-refractivity contribution in [2.24, 2.45) is 5.92 Å². The van der Waals surface area contributed by atoms with E-state index in [1.165, 1.54) is 33.3 Å². The number of nitrogens with one attached hydrogen (secondary N) is 2. The van der Waals surface area contributed by atoms with E-state index in [1.807, 2.05) is 6.07 Å². The van der Waals surface area contributed by atoms with Gasteiger partial charge in [0, 0.05) is 29.1 Å². The van der Waals surface area contributed by atoms with Crippen LogP contribution in [0, 0.1) is 12.8 Å². The van der Waals surface area contributed by atoms with Crippen molar-refractivity contribution in [3.63, 3.8) is 0 Å². The van der Waals surface area contributed by atoms with Crippen molar-refractivity contribution in [2.45, 2.75) is 26.2 Å². The van der Waals surface area contributed by atoms with Gasteiger partial charge in [-0.25, -0.2) is 0 Å². The lowest BCUT2D eigenvalue weighted by atomic mass is 10.0. The van der Waals surface area contributed by atoms with Crippen LogP contribution in [-0.2, 0) is 24.1 Å². The van der Waals surface area contributed by atoms with E-state index < -0.39 is 0 Å². The van der Waals surface area contributed by atoms with Gasteiger partial charge in [-0.3, -0.25) is 4.79 Å². The molecule has 0 unspecified atom stereocenters. The molecule has 1 aliphatic rings. The molecule has 3 aromatic rings. The summed E-state index contributed by atoms with van der Waals surface area (Å²) in [6.07, 6.45) is 2.60. The Morgan fingerprint density at radius 1 is 1.08 bits per heavy atom. The second-order valence-electron chi connectivity index (χ2n) is 6.69. The summed E-state index contributed by atoms with van der Waals surface area (Å²) in [6.45, 7) is 2.79. The molecule has 1 heterocycles. The number of aromatic nitrogens is 1. The third-order valence-electron chi connectivity index (χ3n) is 5.12. The molecule has 0 atom stereocenters. The van der Waals surface area contributed by atoms with Gasteiger partial charge in [-0.1, -0.05) is 42.5 Å². The second kappa shape index (κ2) is 6.16. The maximum absolute atomic E-state index is 12.5. The number of para-hydroxylation sites is 1. The fourth-order valence-electron chi connectivity index (χ4n) is 3.86. The maximum Gasteiger partial charge on any atom is 0.223 e. The summed E-state index contributed by atoms with van der Waals surface area (Å²) < 4.78 is 0. The molecule has 0 fully saturated rings. The molecular weight excluding hydrogens is 296 g/mol. The highest BCUT2D eigenvalue weighted by molar-refractivity contribution is 5.85. The van der Waals surface area contributed by atoms with Crippen LogP contribution in [0.25, 0.3) is 10.9 Å². The molecule has 1 aromatic heterocycles. The highest BCUT2D eigenvalue weighted by Crippen LogP contribution is 2.26. The maximum atomic E-state index is 12.5. The Hall–Kier alpha value is -2.55. The van der Waals surface area contributed by atoms with Crippen LogP contribution in [0.1, 0.15) is 22.4 Å². The van der Waals surface area contributed by atoms with Crippen LogP contribution >= 0.6 is 0 Å². The monoisotopic (exact) mass is 318 g/mol. The Kier molecular flexibility index (Phi) is 3.85. The van der Waals surface area contributed by atoms with Gasteiger partial charge in [0.15, 0.2) is 0 Å². The van der Waals surface area contributed by atoms with E-state index in [2.05, 4.69) is 59.7 Å². The predicted octanol–water partition coefficient (Wildman–Crippen LogP) is 3.55. The molecule has 0 bridgehead atoms. The standard InChI is InChI=1S/C21H22N2O/c1-14-18(19-8-4-5-9-20(19)23-14)10-11-22-21(24)17-12-15-6-2-3-7-16(15)13-17/h2-9,17,23H,10-13H2,1H3,(H,22,24). The summed E-state index contributed by atoms with van der Waals surface area (Å²) in [4.78, 5) is 15.9. The number of hydrogen-bond acceptors (Lipinski definition) is 1. The van der Waals surface area contributed by atoms with Crippen LogP contribution in [0.5, 0.6) is 0 Å². The van der Waals surface area contributed by atoms with Gasteiger partial charge in [0.2, 0.25) is 5.91 Å². The summed E-state index contributed by atoms with van der Waals surface area (Å²) in [6, 6.07) is 16.7. The number of amides is 1.